The number of alkyl halides is 3. The highest BCUT2D eigenvalue weighted by atomic mass is 19.4. The molecule has 8 nitrogen and oxygen atoms in total. The molecule has 3 aliphatic heterocycles. The molecule has 1 saturated carbocycles. The van der Waals surface area contributed by atoms with E-state index in [0.717, 1.165) is 25.0 Å². The maximum atomic E-state index is 13.6. The number of likely N-dealkylation sites (tertiary alicyclic amines) is 3. The lowest BCUT2D eigenvalue weighted by atomic mass is 10.0. The Balaban J connectivity index is 1.27. The number of nitrogens with one attached hydrogen (secondary N) is 1. The lowest BCUT2D eigenvalue weighted by molar-refractivity contribution is -0.146. The summed E-state index contributed by atoms with van der Waals surface area (Å²) in [5.41, 5.74) is -0.616. The molecule has 5 rings (SSSR count). The van der Waals surface area contributed by atoms with Crippen LogP contribution in [-0.2, 0) is 20.6 Å². The average Bonchev–Trinajstić information content (AvgIpc) is 3.30. The molecule has 0 unspecified atom stereocenters. The first-order valence-corrected chi connectivity index (χ1v) is 12.0. The van der Waals surface area contributed by atoms with Crippen molar-refractivity contribution in [3.05, 3.63) is 29.8 Å². The molecule has 35 heavy (non-hydrogen) atoms. The molecule has 0 spiro atoms. The number of fused-ring (bicyclic) bond motifs is 1. The SMILES string of the molecule is C[C@@H]1C(=O)N(C(=O)C2CC2)[C@H]2CCN(C(=O)[C@@H]3CCCN3C(=O)Nc3ccc(C(F)(F)F)cc3)[C@H]12. The molecule has 1 aromatic rings. The highest BCUT2D eigenvalue weighted by Gasteiger charge is 2.57. The Morgan fingerprint density at radius 1 is 0.943 bits per heavy atom. The van der Waals surface area contributed by atoms with E-state index in [9.17, 15) is 32.3 Å². The Labute approximate surface area is 200 Å². The normalized spacial score (nSPS) is 28.5. The van der Waals surface area contributed by atoms with Crippen LogP contribution in [0, 0.1) is 11.8 Å². The van der Waals surface area contributed by atoms with Crippen LogP contribution in [0.2, 0.25) is 0 Å². The molecule has 0 bridgehead atoms. The van der Waals surface area contributed by atoms with Crippen LogP contribution in [0.15, 0.2) is 24.3 Å². The first kappa shape index (κ1) is 23.6. The van der Waals surface area contributed by atoms with Crippen LogP contribution in [0.1, 0.15) is 44.6 Å². The summed E-state index contributed by atoms with van der Waals surface area (Å²) in [5.74, 6) is -1.21. The molecule has 5 amide bonds. The van der Waals surface area contributed by atoms with Crippen LogP contribution in [0.4, 0.5) is 23.7 Å². The zero-order chi connectivity index (χ0) is 25.1. The Kier molecular flexibility index (Phi) is 5.76. The van der Waals surface area contributed by atoms with Crippen LogP contribution in [0.5, 0.6) is 0 Å². The van der Waals surface area contributed by atoms with Gasteiger partial charge in [0.25, 0.3) is 0 Å². The maximum Gasteiger partial charge on any atom is 0.416 e. The van der Waals surface area contributed by atoms with E-state index in [-0.39, 0.29) is 35.4 Å². The van der Waals surface area contributed by atoms with Crippen molar-refractivity contribution in [2.75, 3.05) is 18.4 Å². The Hall–Kier alpha value is -3.11. The van der Waals surface area contributed by atoms with E-state index >= 15 is 0 Å². The molecule has 4 atom stereocenters. The van der Waals surface area contributed by atoms with Crippen LogP contribution >= 0.6 is 0 Å². The van der Waals surface area contributed by atoms with Gasteiger partial charge in [-0.05, 0) is 56.4 Å². The molecule has 1 N–H and O–H groups in total. The van der Waals surface area contributed by atoms with Gasteiger partial charge in [-0.3, -0.25) is 19.3 Å². The van der Waals surface area contributed by atoms with E-state index in [1.54, 1.807) is 11.8 Å². The molecule has 11 heteroatoms. The van der Waals surface area contributed by atoms with Gasteiger partial charge in [-0.1, -0.05) is 6.92 Å². The first-order chi connectivity index (χ1) is 16.6. The highest BCUT2D eigenvalue weighted by Crippen LogP contribution is 2.41. The zero-order valence-corrected chi connectivity index (χ0v) is 19.3. The Morgan fingerprint density at radius 2 is 1.63 bits per heavy atom. The van der Waals surface area contributed by atoms with Gasteiger partial charge in [0, 0.05) is 24.7 Å². The summed E-state index contributed by atoms with van der Waals surface area (Å²) in [6.07, 6.45) is -1.29. The standard InChI is InChI=1S/C24H27F3N4O4/c1-13-19-17(31(20(13)32)21(33)14-4-5-14)10-12-30(19)22(34)18-3-2-11-29(18)23(35)28-16-8-6-15(7-9-16)24(25,26)27/h6-9,13-14,17-19H,2-5,10-12H2,1H3,(H,28,35)/t13-,17-,18-,19+/m0/s1. The third-order valence-corrected chi connectivity index (χ3v) is 7.60. The molecule has 4 fully saturated rings. The van der Waals surface area contributed by atoms with Crippen LogP contribution in [0.3, 0.4) is 0 Å². The molecule has 1 aromatic carbocycles. The summed E-state index contributed by atoms with van der Waals surface area (Å²) in [6, 6.07) is 2.12. The van der Waals surface area contributed by atoms with Crippen LogP contribution in [-0.4, -0.2) is 69.7 Å². The fourth-order valence-electron chi connectivity index (χ4n) is 5.66. The van der Waals surface area contributed by atoms with Crippen molar-refractivity contribution < 1.29 is 32.3 Å². The largest absolute Gasteiger partial charge is 0.416 e. The van der Waals surface area contributed by atoms with Crippen molar-refractivity contribution in [1.29, 1.82) is 0 Å². The van der Waals surface area contributed by atoms with Gasteiger partial charge < -0.3 is 15.1 Å². The topological polar surface area (TPSA) is 90.0 Å². The summed E-state index contributed by atoms with van der Waals surface area (Å²) in [5, 5.41) is 2.58. The molecule has 3 saturated heterocycles. The first-order valence-electron chi connectivity index (χ1n) is 12.0. The second-order valence-electron chi connectivity index (χ2n) is 9.84. The van der Waals surface area contributed by atoms with Crippen molar-refractivity contribution in [2.24, 2.45) is 11.8 Å². The van der Waals surface area contributed by atoms with Crippen molar-refractivity contribution in [3.63, 3.8) is 0 Å². The molecule has 1 aliphatic carbocycles. The molecule has 4 aliphatic rings. The number of anilines is 1. The Morgan fingerprint density at radius 3 is 2.26 bits per heavy atom. The molecular weight excluding hydrogens is 465 g/mol. The number of halogens is 3. The van der Waals surface area contributed by atoms with E-state index in [1.807, 2.05) is 0 Å². The third-order valence-electron chi connectivity index (χ3n) is 7.60. The van der Waals surface area contributed by atoms with Gasteiger partial charge in [-0.2, -0.15) is 13.2 Å². The van der Waals surface area contributed by atoms with E-state index in [2.05, 4.69) is 5.32 Å². The van der Waals surface area contributed by atoms with E-state index in [1.165, 1.54) is 21.9 Å². The molecule has 0 aromatic heterocycles. The van der Waals surface area contributed by atoms with Crippen molar-refractivity contribution in [2.45, 2.75) is 63.3 Å². The zero-order valence-electron chi connectivity index (χ0n) is 19.3. The van der Waals surface area contributed by atoms with E-state index < -0.39 is 35.8 Å². The smallest absolute Gasteiger partial charge is 0.335 e. The van der Waals surface area contributed by atoms with Gasteiger partial charge in [-0.25, -0.2) is 4.79 Å². The fourth-order valence-corrected chi connectivity index (χ4v) is 5.66. The van der Waals surface area contributed by atoms with Gasteiger partial charge in [-0.15, -0.1) is 0 Å². The maximum absolute atomic E-state index is 13.6. The molecule has 0 radical (unpaired) electrons. The number of carbonyl (C=O) groups is 4. The van der Waals surface area contributed by atoms with Crippen LogP contribution in [0.25, 0.3) is 0 Å². The minimum absolute atomic E-state index is 0.0890. The number of benzene rings is 1. The van der Waals surface area contributed by atoms with Gasteiger partial charge in [0.1, 0.15) is 6.04 Å². The monoisotopic (exact) mass is 492 g/mol. The molecular formula is C24H27F3N4O4. The Bertz CT molecular complexity index is 1060. The fraction of sp³-hybridized carbons (Fsp3) is 0.583. The lowest BCUT2D eigenvalue weighted by Crippen LogP contribution is -2.52. The summed E-state index contributed by atoms with van der Waals surface area (Å²) < 4.78 is 38.4. The van der Waals surface area contributed by atoms with E-state index in [0.29, 0.717) is 32.4 Å². The number of hydrogen-bond donors (Lipinski definition) is 1. The third kappa shape index (κ3) is 4.14. The number of nitrogens with zero attached hydrogens (tertiary/aromatic N) is 3. The summed E-state index contributed by atoms with van der Waals surface area (Å²) >= 11 is 0. The number of carbonyl (C=O) groups excluding carboxylic acids is 4. The molecule has 188 valence electrons. The predicted octanol–water partition coefficient (Wildman–Crippen LogP) is 3.09. The predicted molar refractivity (Wildman–Crippen MR) is 118 cm³/mol. The minimum Gasteiger partial charge on any atom is -0.335 e. The number of amides is 5. The summed E-state index contributed by atoms with van der Waals surface area (Å²) in [7, 11) is 0. The second kappa shape index (κ2) is 8.53. The second-order valence-corrected chi connectivity index (χ2v) is 9.84. The van der Waals surface area contributed by atoms with Gasteiger partial charge >= 0.3 is 12.2 Å². The number of urea groups is 1. The van der Waals surface area contributed by atoms with Gasteiger partial charge in [0.2, 0.25) is 17.7 Å². The van der Waals surface area contributed by atoms with Crippen molar-refractivity contribution in [3.8, 4) is 0 Å². The quantitative estimate of drug-likeness (QED) is 0.657. The summed E-state index contributed by atoms with van der Waals surface area (Å²) in [6.45, 7) is 2.49. The lowest BCUT2D eigenvalue weighted by Gasteiger charge is -2.32. The number of imide groups is 1. The number of rotatable bonds is 3. The van der Waals surface area contributed by atoms with E-state index in [4.69, 9.17) is 0 Å². The minimum atomic E-state index is -4.47. The average molecular weight is 492 g/mol. The summed E-state index contributed by atoms with van der Waals surface area (Å²) in [4.78, 5) is 56.5. The number of hydrogen-bond acceptors (Lipinski definition) is 4. The van der Waals surface area contributed by atoms with Crippen LogP contribution < -0.4 is 5.32 Å². The van der Waals surface area contributed by atoms with Gasteiger partial charge in [0.15, 0.2) is 0 Å². The highest BCUT2D eigenvalue weighted by molar-refractivity contribution is 6.01. The van der Waals surface area contributed by atoms with Gasteiger partial charge in [0.05, 0.1) is 23.6 Å². The molecule has 3 heterocycles. The van der Waals surface area contributed by atoms with Crippen molar-refractivity contribution >= 4 is 29.4 Å². The van der Waals surface area contributed by atoms with Crippen molar-refractivity contribution in [1.82, 2.24) is 14.7 Å².